The Morgan fingerprint density at radius 3 is 0.618 bits per heavy atom. The number of carboxylic acid groups (broad SMARTS) is 4. The third-order valence-corrected chi connectivity index (χ3v) is 2.48. The standard InChI is InChI=1S/4C4H6O2.2C4H10O/c4*1-3(2)4(5)6;2*1-2-3-4-5/h4*1H2,2H3,(H,5,6);2*5H,2-4H2,1H3. The summed E-state index contributed by atoms with van der Waals surface area (Å²) in [6, 6.07) is 0. The van der Waals surface area contributed by atoms with E-state index >= 15 is 0 Å². The second kappa shape index (κ2) is 34.4. The van der Waals surface area contributed by atoms with Gasteiger partial charge in [-0.05, 0) is 40.5 Å². The highest BCUT2D eigenvalue weighted by Crippen LogP contribution is 1.83. The lowest BCUT2D eigenvalue weighted by Crippen LogP contribution is -1.92. The lowest BCUT2D eigenvalue weighted by atomic mass is 10.4. The zero-order valence-corrected chi connectivity index (χ0v) is 21.4. The van der Waals surface area contributed by atoms with Gasteiger partial charge in [-0.15, -0.1) is 0 Å². The van der Waals surface area contributed by atoms with E-state index in [-0.39, 0.29) is 22.3 Å². The third-order valence-electron chi connectivity index (χ3n) is 2.48. The van der Waals surface area contributed by atoms with Crippen molar-refractivity contribution in [2.45, 2.75) is 67.2 Å². The fourth-order valence-corrected chi connectivity index (χ4v) is 0.316. The average molecular weight is 493 g/mol. The van der Waals surface area contributed by atoms with Crippen LogP contribution in [0, 0.1) is 0 Å². The lowest BCUT2D eigenvalue weighted by molar-refractivity contribution is -0.133. The van der Waals surface area contributed by atoms with Crippen molar-refractivity contribution in [2.75, 3.05) is 13.2 Å². The molecule has 0 aromatic heterocycles. The number of rotatable bonds is 8. The van der Waals surface area contributed by atoms with Gasteiger partial charge in [0.25, 0.3) is 0 Å². The van der Waals surface area contributed by atoms with Gasteiger partial charge in [-0.25, -0.2) is 19.2 Å². The fraction of sp³-hybridized carbons (Fsp3) is 0.500. The zero-order valence-electron chi connectivity index (χ0n) is 21.4. The Labute approximate surface area is 203 Å². The summed E-state index contributed by atoms with van der Waals surface area (Å²) in [5, 5.41) is 47.7. The maximum atomic E-state index is 9.60. The molecular weight excluding hydrogens is 448 g/mol. The molecule has 0 aliphatic rings. The van der Waals surface area contributed by atoms with Crippen LogP contribution in [-0.4, -0.2) is 67.7 Å². The van der Waals surface area contributed by atoms with Gasteiger partial charge in [0.1, 0.15) is 0 Å². The van der Waals surface area contributed by atoms with Crippen molar-refractivity contribution >= 4 is 23.9 Å². The van der Waals surface area contributed by atoms with Gasteiger partial charge in [-0.1, -0.05) is 53.0 Å². The van der Waals surface area contributed by atoms with Gasteiger partial charge in [0.15, 0.2) is 0 Å². The highest BCUT2D eigenvalue weighted by Gasteiger charge is 1.91. The van der Waals surface area contributed by atoms with E-state index in [1.165, 1.54) is 27.7 Å². The Hall–Kier alpha value is -3.24. The van der Waals surface area contributed by atoms with Gasteiger partial charge in [0, 0.05) is 35.5 Å². The predicted molar refractivity (Wildman–Crippen MR) is 134 cm³/mol. The van der Waals surface area contributed by atoms with Gasteiger partial charge >= 0.3 is 23.9 Å². The molecule has 0 saturated heterocycles. The van der Waals surface area contributed by atoms with Crippen LogP contribution in [0.2, 0.25) is 0 Å². The molecule has 0 spiro atoms. The Bertz CT molecular complexity index is 465. The van der Waals surface area contributed by atoms with Gasteiger partial charge in [-0.2, -0.15) is 0 Å². The quantitative estimate of drug-likeness (QED) is 0.268. The summed E-state index contributed by atoms with van der Waals surface area (Å²) in [7, 11) is 0. The molecular formula is C24H44O10. The highest BCUT2D eigenvalue weighted by molar-refractivity contribution is 5.85. The Balaban J connectivity index is -0.0000000693. The smallest absolute Gasteiger partial charge is 0.330 e. The van der Waals surface area contributed by atoms with Gasteiger partial charge in [-0.3, -0.25) is 0 Å². The number of carbonyl (C=O) groups is 4. The number of unbranched alkanes of at least 4 members (excludes halogenated alkanes) is 2. The predicted octanol–water partition coefficient (Wildman–Crippen LogP) is 4.15. The molecule has 0 aliphatic heterocycles. The molecule has 6 N–H and O–H groups in total. The van der Waals surface area contributed by atoms with E-state index in [4.69, 9.17) is 30.6 Å². The molecule has 0 unspecified atom stereocenters. The first-order valence-corrected chi connectivity index (χ1v) is 10.2. The molecule has 10 heteroatoms. The van der Waals surface area contributed by atoms with Crippen LogP contribution in [0.3, 0.4) is 0 Å². The van der Waals surface area contributed by atoms with Gasteiger partial charge in [0.2, 0.25) is 0 Å². The molecule has 0 atom stereocenters. The summed E-state index contributed by atoms with van der Waals surface area (Å²) < 4.78 is 0. The largest absolute Gasteiger partial charge is 0.478 e. The number of hydrogen-bond acceptors (Lipinski definition) is 6. The molecule has 10 nitrogen and oxygen atoms in total. The van der Waals surface area contributed by atoms with Gasteiger partial charge in [0.05, 0.1) is 0 Å². The first kappa shape index (κ1) is 44.4. The number of aliphatic hydroxyl groups excluding tert-OH is 2. The first-order chi connectivity index (χ1) is 15.4. The summed E-state index contributed by atoms with van der Waals surface area (Å²) in [4.78, 5) is 38.4. The second-order valence-electron chi connectivity index (χ2n) is 6.50. The van der Waals surface area contributed by atoms with Crippen LogP contribution in [0.4, 0.5) is 0 Å². The highest BCUT2D eigenvalue weighted by atomic mass is 16.4. The van der Waals surface area contributed by atoms with E-state index in [1.807, 2.05) is 0 Å². The summed E-state index contributed by atoms with van der Waals surface area (Å²) in [6.45, 7) is 23.2. The molecule has 200 valence electrons. The monoisotopic (exact) mass is 492 g/mol. The fourth-order valence-electron chi connectivity index (χ4n) is 0.316. The Morgan fingerprint density at radius 1 is 0.500 bits per heavy atom. The number of carboxylic acids is 4. The van der Waals surface area contributed by atoms with Crippen molar-refractivity contribution in [3.8, 4) is 0 Å². The maximum absolute atomic E-state index is 9.60. The summed E-state index contributed by atoms with van der Waals surface area (Å²) in [5.74, 6) is -3.74. The van der Waals surface area contributed by atoms with Crippen LogP contribution in [0.1, 0.15) is 67.2 Å². The number of aliphatic carboxylic acids is 4. The van der Waals surface area contributed by atoms with E-state index in [0.717, 1.165) is 25.7 Å². The van der Waals surface area contributed by atoms with Crippen molar-refractivity contribution < 1.29 is 49.8 Å². The minimum absolute atomic E-state index is 0.176. The third kappa shape index (κ3) is 78.9. The van der Waals surface area contributed by atoms with E-state index in [0.29, 0.717) is 13.2 Å². The molecule has 0 bridgehead atoms. The molecule has 0 fully saturated rings. The van der Waals surface area contributed by atoms with E-state index in [9.17, 15) is 19.2 Å². The SMILES string of the molecule is C=C(C)C(=O)O.C=C(C)C(=O)O.C=C(C)C(=O)O.C=C(C)C(=O)O.CCCCO.CCCCO. The minimum atomic E-state index is -0.935. The van der Waals surface area contributed by atoms with Crippen molar-refractivity contribution in [3.63, 3.8) is 0 Å². The molecule has 0 saturated carbocycles. The van der Waals surface area contributed by atoms with Crippen LogP contribution in [0.15, 0.2) is 48.6 Å². The summed E-state index contributed by atoms with van der Waals surface area (Å²) in [5.41, 5.74) is 0.704. The first-order valence-electron chi connectivity index (χ1n) is 10.2. The molecule has 0 heterocycles. The minimum Gasteiger partial charge on any atom is -0.478 e. The van der Waals surface area contributed by atoms with Crippen LogP contribution in [-0.2, 0) is 19.2 Å². The number of aliphatic hydroxyl groups is 2. The normalized spacial score (nSPS) is 7.76. The Kier molecular flexibility index (Phi) is 44.9. The van der Waals surface area contributed by atoms with E-state index < -0.39 is 23.9 Å². The molecule has 0 aromatic rings. The molecule has 0 rings (SSSR count). The van der Waals surface area contributed by atoms with Crippen molar-refractivity contribution in [2.24, 2.45) is 0 Å². The summed E-state index contributed by atoms with van der Waals surface area (Å²) in [6.07, 6.45) is 4.08. The zero-order chi connectivity index (χ0) is 28.9. The molecule has 0 aromatic carbocycles. The molecule has 0 amide bonds. The topological polar surface area (TPSA) is 190 Å². The van der Waals surface area contributed by atoms with Crippen molar-refractivity contribution in [3.05, 3.63) is 48.6 Å². The second-order valence-corrected chi connectivity index (χ2v) is 6.50. The van der Waals surface area contributed by atoms with Crippen LogP contribution < -0.4 is 0 Å². The van der Waals surface area contributed by atoms with Crippen LogP contribution in [0.25, 0.3) is 0 Å². The Morgan fingerprint density at radius 2 is 0.618 bits per heavy atom. The lowest BCUT2D eigenvalue weighted by Gasteiger charge is -1.79. The summed E-state index contributed by atoms with van der Waals surface area (Å²) >= 11 is 0. The van der Waals surface area contributed by atoms with Crippen molar-refractivity contribution in [1.29, 1.82) is 0 Å². The molecule has 0 radical (unpaired) electrons. The van der Waals surface area contributed by atoms with E-state index in [2.05, 4.69) is 40.2 Å². The van der Waals surface area contributed by atoms with Crippen LogP contribution in [0.5, 0.6) is 0 Å². The number of hydrogen-bond donors (Lipinski definition) is 6. The van der Waals surface area contributed by atoms with E-state index in [1.54, 1.807) is 0 Å². The molecule has 0 aliphatic carbocycles. The molecule has 34 heavy (non-hydrogen) atoms. The van der Waals surface area contributed by atoms with Crippen LogP contribution >= 0.6 is 0 Å². The average Bonchev–Trinajstić information content (AvgIpc) is 2.71. The maximum Gasteiger partial charge on any atom is 0.330 e. The van der Waals surface area contributed by atoms with Gasteiger partial charge < -0.3 is 30.6 Å². The van der Waals surface area contributed by atoms with Crippen molar-refractivity contribution in [1.82, 2.24) is 0 Å².